The van der Waals surface area contributed by atoms with Crippen molar-refractivity contribution < 1.29 is 26.9 Å². The molecule has 1 aromatic heterocycles. The summed E-state index contributed by atoms with van der Waals surface area (Å²) in [5.74, 6) is -2.50. The number of hydrogen-bond donors (Lipinski definition) is 0. The first-order valence-electron chi connectivity index (χ1n) is 9.72. The van der Waals surface area contributed by atoms with E-state index in [0.717, 1.165) is 16.4 Å². The molecule has 10 nitrogen and oxygen atoms in total. The van der Waals surface area contributed by atoms with Gasteiger partial charge in [0, 0.05) is 50.6 Å². The zero-order valence-electron chi connectivity index (χ0n) is 17.0. The Bertz CT molecular complexity index is 1340. The molecule has 13 heteroatoms. The van der Waals surface area contributed by atoms with Crippen LogP contribution in [0.15, 0.2) is 59.6 Å². The van der Waals surface area contributed by atoms with E-state index in [2.05, 4.69) is 5.10 Å². The molecule has 4 rings (SSSR count). The van der Waals surface area contributed by atoms with Crippen LogP contribution in [0.1, 0.15) is 10.5 Å². The fraction of sp³-hybridized carbons (Fsp3) is 0.200. The van der Waals surface area contributed by atoms with Crippen LogP contribution in [0.5, 0.6) is 0 Å². The van der Waals surface area contributed by atoms with Crippen molar-refractivity contribution in [1.29, 1.82) is 0 Å². The first-order valence-corrected chi connectivity index (χ1v) is 11.2. The van der Waals surface area contributed by atoms with Crippen LogP contribution in [-0.2, 0) is 10.0 Å². The summed E-state index contributed by atoms with van der Waals surface area (Å²) in [6.45, 7) is -0.0535. The van der Waals surface area contributed by atoms with E-state index in [0.29, 0.717) is 11.8 Å². The van der Waals surface area contributed by atoms with Gasteiger partial charge >= 0.3 is 0 Å². The van der Waals surface area contributed by atoms with Crippen LogP contribution in [-0.4, -0.2) is 64.4 Å². The first-order chi connectivity index (χ1) is 15.7. The lowest BCUT2D eigenvalue weighted by molar-refractivity contribution is -0.384. The summed E-state index contributed by atoms with van der Waals surface area (Å²) >= 11 is 0. The van der Waals surface area contributed by atoms with Crippen molar-refractivity contribution in [3.8, 4) is 5.69 Å². The average molecular weight is 477 g/mol. The summed E-state index contributed by atoms with van der Waals surface area (Å²) in [5, 5.41) is 15.1. The van der Waals surface area contributed by atoms with Crippen molar-refractivity contribution in [2.75, 3.05) is 26.2 Å². The number of nitro benzene ring substituents is 1. The van der Waals surface area contributed by atoms with Gasteiger partial charge in [0.15, 0.2) is 5.69 Å². The molecule has 2 aromatic carbocycles. The highest BCUT2D eigenvalue weighted by Gasteiger charge is 2.32. The van der Waals surface area contributed by atoms with Gasteiger partial charge < -0.3 is 4.90 Å². The Hall–Kier alpha value is -3.71. The minimum atomic E-state index is -4.19. The Morgan fingerprint density at radius 3 is 2.42 bits per heavy atom. The van der Waals surface area contributed by atoms with Crippen molar-refractivity contribution in [3.05, 3.63) is 82.2 Å². The molecule has 1 fully saturated rings. The van der Waals surface area contributed by atoms with Gasteiger partial charge in [-0.2, -0.15) is 9.40 Å². The molecule has 0 atom stereocenters. The Morgan fingerprint density at radius 2 is 1.76 bits per heavy atom. The lowest BCUT2D eigenvalue weighted by Gasteiger charge is -2.33. The average Bonchev–Trinajstić information content (AvgIpc) is 3.29. The van der Waals surface area contributed by atoms with Crippen molar-refractivity contribution in [2.24, 2.45) is 0 Å². The number of sulfonamides is 1. The quantitative estimate of drug-likeness (QED) is 0.411. The maximum Gasteiger partial charge on any atom is 0.274 e. The number of rotatable bonds is 5. The summed E-state index contributed by atoms with van der Waals surface area (Å²) in [5.41, 5.74) is 0.369. The number of benzene rings is 2. The number of piperazine rings is 1. The van der Waals surface area contributed by atoms with Crippen molar-refractivity contribution in [1.82, 2.24) is 19.0 Å². The molecule has 172 valence electrons. The van der Waals surface area contributed by atoms with E-state index in [4.69, 9.17) is 0 Å². The molecule has 0 spiro atoms. The van der Waals surface area contributed by atoms with Gasteiger partial charge in [-0.05, 0) is 24.3 Å². The van der Waals surface area contributed by atoms with Crippen molar-refractivity contribution >= 4 is 21.6 Å². The number of nitrogens with zero attached hydrogens (tertiary/aromatic N) is 5. The number of nitro groups is 1. The molecule has 1 aliphatic rings. The lowest BCUT2D eigenvalue weighted by Crippen LogP contribution is -2.50. The SMILES string of the molecule is O=C(c1ccn(-c2cccc([N+](=O)[O-])c2)n1)N1CCN(S(=O)(=O)c2ccc(F)cc2F)CC1. The molecular formula is C20H17F2N5O5S. The number of aromatic nitrogens is 2. The molecular weight excluding hydrogens is 460 g/mol. The smallest absolute Gasteiger partial charge is 0.274 e. The van der Waals surface area contributed by atoms with Crippen LogP contribution < -0.4 is 0 Å². The monoisotopic (exact) mass is 477 g/mol. The third-order valence-electron chi connectivity index (χ3n) is 5.15. The maximum absolute atomic E-state index is 14.0. The van der Waals surface area contributed by atoms with Gasteiger partial charge in [-0.3, -0.25) is 14.9 Å². The molecule has 33 heavy (non-hydrogen) atoms. The number of carbonyl (C=O) groups excluding carboxylic acids is 1. The number of amides is 1. The minimum absolute atomic E-state index is 0.0462. The second-order valence-corrected chi connectivity index (χ2v) is 9.10. The number of hydrogen-bond acceptors (Lipinski definition) is 6. The van der Waals surface area contributed by atoms with Crippen LogP contribution in [0.3, 0.4) is 0 Å². The summed E-state index contributed by atoms with van der Waals surface area (Å²) in [6.07, 6.45) is 1.49. The van der Waals surface area contributed by atoms with E-state index >= 15 is 0 Å². The molecule has 2 heterocycles. The molecule has 0 saturated carbocycles. The zero-order chi connectivity index (χ0) is 23.8. The van der Waals surface area contributed by atoms with Gasteiger partial charge in [0.25, 0.3) is 11.6 Å². The Kier molecular flexibility index (Phi) is 5.91. The predicted molar refractivity (Wildman–Crippen MR) is 111 cm³/mol. The minimum Gasteiger partial charge on any atom is -0.335 e. The van der Waals surface area contributed by atoms with Crippen LogP contribution in [0.2, 0.25) is 0 Å². The van der Waals surface area contributed by atoms with E-state index in [1.807, 2.05) is 0 Å². The fourth-order valence-corrected chi connectivity index (χ4v) is 4.92. The normalized spacial score (nSPS) is 14.9. The van der Waals surface area contributed by atoms with Gasteiger partial charge in [0.1, 0.15) is 16.5 Å². The highest BCUT2D eigenvalue weighted by molar-refractivity contribution is 7.89. The second kappa shape index (κ2) is 8.67. The number of halogens is 2. The first kappa shape index (κ1) is 22.5. The van der Waals surface area contributed by atoms with E-state index in [9.17, 15) is 32.1 Å². The highest BCUT2D eigenvalue weighted by Crippen LogP contribution is 2.22. The zero-order valence-corrected chi connectivity index (χ0v) is 17.8. The molecule has 0 aliphatic carbocycles. The number of non-ortho nitro benzene ring substituents is 1. The summed E-state index contributed by atoms with van der Waals surface area (Å²) in [4.78, 5) is 24.0. The second-order valence-electron chi connectivity index (χ2n) is 7.19. The van der Waals surface area contributed by atoms with Crippen LogP contribution in [0, 0.1) is 21.7 Å². The molecule has 3 aromatic rings. The summed E-state index contributed by atoms with van der Waals surface area (Å²) < 4.78 is 54.9. The summed E-state index contributed by atoms with van der Waals surface area (Å²) in [7, 11) is -4.19. The maximum atomic E-state index is 14.0. The van der Waals surface area contributed by atoms with Gasteiger partial charge in [-0.25, -0.2) is 21.9 Å². The largest absolute Gasteiger partial charge is 0.335 e. The fourth-order valence-electron chi connectivity index (χ4n) is 3.45. The van der Waals surface area contributed by atoms with Gasteiger partial charge in [0.2, 0.25) is 10.0 Å². The Morgan fingerprint density at radius 1 is 1.03 bits per heavy atom. The molecule has 0 unspecified atom stereocenters. The molecule has 1 aliphatic heterocycles. The third kappa shape index (κ3) is 4.45. The molecule has 1 amide bonds. The Balaban J connectivity index is 1.45. The van der Waals surface area contributed by atoms with E-state index in [-0.39, 0.29) is 37.6 Å². The van der Waals surface area contributed by atoms with Crippen LogP contribution >= 0.6 is 0 Å². The van der Waals surface area contributed by atoms with Crippen molar-refractivity contribution in [2.45, 2.75) is 4.90 Å². The lowest BCUT2D eigenvalue weighted by atomic mass is 10.3. The standard InChI is InChI=1S/C20H17F2N5O5S/c21-14-4-5-19(17(22)12-14)33(31,32)25-10-8-24(9-11-25)20(28)18-6-7-26(23-18)15-2-1-3-16(13-15)27(29)30/h1-7,12-13H,8-11H2. The van der Waals surface area contributed by atoms with Crippen LogP contribution in [0.4, 0.5) is 14.5 Å². The molecule has 0 bridgehead atoms. The molecule has 0 radical (unpaired) electrons. The van der Waals surface area contributed by atoms with Gasteiger partial charge in [-0.1, -0.05) is 6.07 Å². The third-order valence-corrected chi connectivity index (χ3v) is 7.08. The van der Waals surface area contributed by atoms with Crippen molar-refractivity contribution in [3.63, 3.8) is 0 Å². The van der Waals surface area contributed by atoms with E-state index < -0.39 is 37.4 Å². The number of carbonyl (C=O) groups is 1. The Labute approximate surface area is 186 Å². The molecule has 0 N–H and O–H groups in total. The topological polar surface area (TPSA) is 119 Å². The predicted octanol–water partition coefficient (Wildman–Crippen LogP) is 2.21. The van der Waals surface area contributed by atoms with E-state index in [1.54, 1.807) is 6.07 Å². The van der Waals surface area contributed by atoms with Gasteiger partial charge in [0.05, 0.1) is 10.6 Å². The molecule has 1 saturated heterocycles. The van der Waals surface area contributed by atoms with E-state index in [1.165, 1.54) is 40.0 Å². The summed E-state index contributed by atoms with van der Waals surface area (Å²) in [6, 6.07) is 9.46. The van der Waals surface area contributed by atoms with Gasteiger partial charge in [-0.15, -0.1) is 0 Å². The highest BCUT2D eigenvalue weighted by atomic mass is 32.2. The van der Waals surface area contributed by atoms with Crippen LogP contribution in [0.25, 0.3) is 5.69 Å².